The molecular formula is C21H19NO7S. The fraction of sp³-hybridized carbons (Fsp3) is 0.143. The van der Waals surface area contributed by atoms with Crippen molar-refractivity contribution in [2.75, 3.05) is 19.0 Å². The molecule has 3 aromatic rings. The molecule has 0 saturated heterocycles. The summed E-state index contributed by atoms with van der Waals surface area (Å²) < 4.78 is 40.2. The SMILES string of the molecule is COc1cccc(NC(=O)COC(=O)c2occc2CS(=O)(=O)c2ccccc2)c1. The van der Waals surface area contributed by atoms with Crippen molar-refractivity contribution in [2.24, 2.45) is 0 Å². The van der Waals surface area contributed by atoms with Crippen molar-refractivity contribution >= 4 is 27.4 Å². The first-order valence-electron chi connectivity index (χ1n) is 8.84. The van der Waals surface area contributed by atoms with Gasteiger partial charge in [-0.1, -0.05) is 24.3 Å². The van der Waals surface area contributed by atoms with E-state index in [0.29, 0.717) is 11.4 Å². The van der Waals surface area contributed by atoms with Crippen LogP contribution in [0.15, 0.2) is 76.2 Å². The number of hydrogen-bond acceptors (Lipinski definition) is 7. The third-order valence-electron chi connectivity index (χ3n) is 4.07. The minimum atomic E-state index is -3.68. The van der Waals surface area contributed by atoms with Crippen LogP contribution in [0, 0.1) is 0 Å². The van der Waals surface area contributed by atoms with Gasteiger partial charge in [0, 0.05) is 17.3 Å². The first-order valence-corrected chi connectivity index (χ1v) is 10.5. The van der Waals surface area contributed by atoms with Crippen LogP contribution in [0.1, 0.15) is 16.1 Å². The smallest absolute Gasteiger partial charge is 0.375 e. The fourth-order valence-electron chi connectivity index (χ4n) is 2.64. The van der Waals surface area contributed by atoms with E-state index >= 15 is 0 Å². The van der Waals surface area contributed by atoms with Crippen LogP contribution in [0.3, 0.4) is 0 Å². The van der Waals surface area contributed by atoms with Crippen LogP contribution < -0.4 is 10.1 Å². The largest absolute Gasteiger partial charge is 0.497 e. The molecule has 8 nitrogen and oxygen atoms in total. The summed E-state index contributed by atoms with van der Waals surface area (Å²) in [6.07, 6.45) is 1.20. The monoisotopic (exact) mass is 429 g/mol. The van der Waals surface area contributed by atoms with E-state index in [-0.39, 0.29) is 16.2 Å². The van der Waals surface area contributed by atoms with Gasteiger partial charge in [-0.15, -0.1) is 0 Å². The van der Waals surface area contributed by atoms with Gasteiger partial charge in [0.2, 0.25) is 5.76 Å². The highest BCUT2D eigenvalue weighted by atomic mass is 32.2. The van der Waals surface area contributed by atoms with E-state index in [4.69, 9.17) is 13.9 Å². The third-order valence-corrected chi connectivity index (χ3v) is 5.75. The van der Waals surface area contributed by atoms with E-state index in [1.165, 1.54) is 31.6 Å². The lowest BCUT2D eigenvalue weighted by Gasteiger charge is -2.08. The van der Waals surface area contributed by atoms with Gasteiger partial charge in [-0.2, -0.15) is 0 Å². The van der Waals surface area contributed by atoms with Crippen molar-refractivity contribution in [1.82, 2.24) is 0 Å². The zero-order valence-electron chi connectivity index (χ0n) is 16.0. The van der Waals surface area contributed by atoms with Crippen LogP contribution in [-0.4, -0.2) is 34.0 Å². The number of methoxy groups -OCH3 is 1. The van der Waals surface area contributed by atoms with E-state index in [1.807, 2.05) is 0 Å². The van der Waals surface area contributed by atoms with Gasteiger partial charge in [-0.25, -0.2) is 13.2 Å². The maximum absolute atomic E-state index is 12.5. The molecule has 156 valence electrons. The lowest BCUT2D eigenvalue weighted by atomic mass is 10.3. The molecule has 1 N–H and O–H groups in total. The Labute approximate surface area is 173 Å². The molecule has 3 rings (SSSR count). The molecule has 0 radical (unpaired) electrons. The predicted molar refractivity (Wildman–Crippen MR) is 108 cm³/mol. The number of amides is 1. The van der Waals surface area contributed by atoms with Crippen LogP contribution in [-0.2, 0) is 25.1 Å². The molecule has 1 heterocycles. The maximum atomic E-state index is 12.5. The Kier molecular flexibility index (Phi) is 6.53. The number of rotatable bonds is 8. The molecule has 9 heteroatoms. The normalized spacial score (nSPS) is 11.0. The Morgan fingerprint density at radius 2 is 1.80 bits per heavy atom. The molecule has 0 saturated carbocycles. The molecule has 1 aromatic heterocycles. The lowest BCUT2D eigenvalue weighted by molar-refractivity contribution is -0.119. The average molecular weight is 429 g/mol. The van der Waals surface area contributed by atoms with Crippen LogP contribution in [0.4, 0.5) is 5.69 Å². The first-order chi connectivity index (χ1) is 14.4. The topological polar surface area (TPSA) is 112 Å². The predicted octanol–water partition coefficient (Wildman–Crippen LogP) is 3.06. The number of ether oxygens (including phenoxy) is 2. The van der Waals surface area contributed by atoms with Crippen LogP contribution in [0.2, 0.25) is 0 Å². The molecule has 30 heavy (non-hydrogen) atoms. The Morgan fingerprint density at radius 3 is 2.53 bits per heavy atom. The highest BCUT2D eigenvalue weighted by molar-refractivity contribution is 7.90. The molecule has 0 spiro atoms. The summed E-state index contributed by atoms with van der Waals surface area (Å²) in [6.45, 7) is -0.568. The Balaban J connectivity index is 1.61. The van der Waals surface area contributed by atoms with Crippen molar-refractivity contribution in [3.63, 3.8) is 0 Å². The van der Waals surface area contributed by atoms with E-state index in [0.717, 1.165) is 0 Å². The van der Waals surface area contributed by atoms with Crippen molar-refractivity contribution < 1.29 is 31.9 Å². The number of hydrogen-bond donors (Lipinski definition) is 1. The molecule has 0 bridgehead atoms. The number of carbonyl (C=O) groups excluding carboxylic acids is 2. The number of benzene rings is 2. The summed E-state index contributed by atoms with van der Waals surface area (Å²) in [4.78, 5) is 24.5. The second kappa shape index (κ2) is 9.27. The molecule has 0 aliphatic carbocycles. The molecular weight excluding hydrogens is 410 g/mol. The van der Waals surface area contributed by atoms with Gasteiger partial charge in [0.25, 0.3) is 5.91 Å². The summed E-state index contributed by atoms with van der Waals surface area (Å²) in [7, 11) is -2.18. The number of furan rings is 1. The molecule has 0 aliphatic rings. The zero-order chi connectivity index (χ0) is 21.6. The Hall–Kier alpha value is -3.59. The molecule has 0 aliphatic heterocycles. The number of nitrogens with one attached hydrogen (secondary N) is 1. The van der Waals surface area contributed by atoms with Gasteiger partial charge in [-0.05, 0) is 30.3 Å². The standard InChI is InChI=1S/C21H19NO7S/c1-27-17-7-5-6-16(12-17)22-19(23)13-29-21(24)20-15(10-11-28-20)14-30(25,26)18-8-3-2-4-9-18/h2-12H,13-14H2,1H3,(H,22,23). The summed E-state index contributed by atoms with van der Waals surface area (Å²) >= 11 is 0. The van der Waals surface area contributed by atoms with Gasteiger partial charge in [0.1, 0.15) is 5.75 Å². The third kappa shape index (κ3) is 5.26. The van der Waals surface area contributed by atoms with Crippen LogP contribution in [0.5, 0.6) is 5.75 Å². The van der Waals surface area contributed by atoms with Gasteiger partial charge < -0.3 is 19.2 Å². The molecule has 0 fully saturated rings. The van der Waals surface area contributed by atoms with Gasteiger partial charge in [0.15, 0.2) is 16.4 Å². The van der Waals surface area contributed by atoms with E-state index < -0.39 is 34.1 Å². The van der Waals surface area contributed by atoms with Crippen molar-refractivity contribution in [1.29, 1.82) is 0 Å². The van der Waals surface area contributed by atoms with Crippen LogP contribution in [0.25, 0.3) is 0 Å². The zero-order valence-corrected chi connectivity index (χ0v) is 16.8. The van der Waals surface area contributed by atoms with Crippen molar-refractivity contribution in [3.05, 3.63) is 78.3 Å². The van der Waals surface area contributed by atoms with Gasteiger partial charge in [0.05, 0.1) is 24.0 Å². The summed E-state index contributed by atoms with van der Waals surface area (Å²) in [5, 5.41) is 2.57. The highest BCUT2D eigenvalue weighted by Crippen LogP contribution is 2.21. The fourth-order valence-corrected chi connectivity index (χ4v) is 4.01. The minimum Gasteiger partial charge on any atom is -0.497 e. The Morgan fingerprint density at radius 1 is 1.03 bits per heavy atom. The van der Waals surface area contributed by atoms with E-state index in [9.17, 15) is 18.0 Å². The number of esters is 1. The van der Waals surface area contributed by atoms with E-state index in [1.54, 1.807) is 42.5 Å². The average Bonchev–Trinajstić information content (AvgIpc) is 3.20. The molecule has 2 aromatic carbocycles. The van der Waals surface area contributed by atoms with Crippen molar-refractivity contribution in [2.45, 2.75) is 10.6 Å². The maximum Gasteiger partial charge on any atom is 0.375 e. The Bertz CT molecular complexity index is 1140. The second-order valence-corrected chi connectivity index (χ2v) is 8.19. The number of anilines is 1. The van der Waals surface area contributed by atoms with Gasteiger partial charge >= 0.3 is 5.97 Å². The van der Waals surface area contributed by atoms with Gasteiger partial charge in [-0.3, -0.25) is 4.79 Å². The highest BCUT2D eigenvalue weighted by Gasteiger charge is 2.24. The van der Waals surface area contributed by atoms with Crippen LogP contribution >= 0.6 is 0 Å². The summed E-state index contributed by atoms with van der Waals surface area (Å²) in [5.41, 5.74) is 0.625. The summed E-state index contributed by atoms with van der Waals surface area (Å²) in [6, 6.07) is 15.9. The first kappa shape index (κ1) is 21.1. The quantitative estimate of drug-likeness (QED) is 0.548. The molecule has 0 atom stereocenters. The molecule has 1 amide bonds. The second-order valence-electron chi connectivity index (χ2n) is 6.20. The lowest BCUT2D eigenvalue weighted by Crippen LogP contribution is -2.21. The molecule has 0 unspecified atom stereocenters. The number of sulfone groups is 1. The van der Waals surface area contributed by atoms with Crippen molar-refractivity contribution in [3.8, 4) is 5.75 Å². The summed E-state index contributed by atoms with van der Waals surface area (Å²) in [5.74, 6) is -1.64. The number of carbonyl (C=O) groups is 2. The van der Waals surface area contributed by atoms with E-state index in [2.05, 4.69) is 5.32 Å². The minimum absolute atomic E-state index is 0.128.